The molecule has 6 heteroatoms. The minimum absolute atomic E-state index is 0.0114. The Morgan fingerprint density at radius 3 is 2.65 bits per heavy atom. The maximum absolute atomic E-state index is 12.6. The monoisotopic (exact) mass is 371 g/mol. The fourth-order valence-electron chi connectivity index (χ4n) is 2.57. The van der Waals surface area contributed by atoms with E-state index < -0.39 is 0 Å². The highest BCUT2D eigenvalue weighted by Crippen LogP contribution is 2.28. The van der Waals surface area contributed by atoms with E-state index in [-0.39, 0.29) is 17.1 Å². The van der Waals surface area contributed by atoms with E-state index in [0.29, 0.717) is 29.1 Å². The average Bonchev–Trinajstić information content (AvgIpc) is 3.42. The number of pyridine rings is 1. The molecule has 0 spiro atoms. The molecule has 2 aromatic rings. The van der Waals surface area contributed by atoms with Crippen LogP contribution in [0.4, 0.5) is 0 Å². The highest BCUT2D eigenvalue weighted by molar-refractivity contribution is 8.00. The lowest BCUT2D eigenvalue weighted by Crippen LogP contribution is -2.33. The number of amides is 2. The molecule has 2 N–H and O–H groups in total. The maximum Gasteiger partial charge on any atom is 0.252 e. The van der Waals surface area contributed by atoms with Crippen molar-refractivity contribution in [3.63, 3.8) is 0 Å². The predicted molar refractivity (Wildman–Crippen MR) is 105 cm³/mol. The number of para-hydroxylation sites is 1. The van der Waals surface area contributed by atoms with Gasteiger partial charge in [0.25, 0.3) is 5.91 Å². The van der Waals surface area contributed by atoms with Crippen LogP contribution in [0.25, 0.3) is 10.9 Å². The molecule has 1 heterocycles. The molecule has 26 heavy (non-hydrogen) atoms. The zero-order valence-electron chi connectivity index (χ0n) is 15.4. The van der Waals surface area contributed by atoms with Crippen LogP contribution in [0.5, 0.6) is 0 Å². The minimum atomic E-state index is -0.276. The van der Waals surface area contributed by atoms with E-state index in [0.717, 1.165) is 23.7 Å². The van der Waals surface area contributed by atoms with E-state index in [1.54, 1.807) is 6.07 Å². The lowest BCUT2D eigenvalue weighted by Gasteiger charge is -2.14. The van der Waals surface area contributed by atoms with Gasteiger partial charge < -0.3 is 10.6 Å². The lowest BCUT2D eigenvalue weighted by molar-refractivity contribution is -0.120. The SMILES string of the molecule is CC(C)CNC(=O)[C@H](C)Sc1cc(C(=O)NC2CC2)c2ccccc2n1. The number of hydrogen-bond acceptors (Lipinski definition) is 4. The second kappa shape index (κ2) is 8.08. The third-order valence-corrected chi connectivity index (χ3v) is 5.22. The molecule has 1 atom stereocenters. The summed E-state index contributed by atoms with van der Waals surface area (Å²) < 4.78 is 0. The molecule has 0 aliphatic heterocycles. The second-order valence-electron chi connectivity index (χ2n) is 7.17. The van der Waals surface area contributed by atoms with Crippen molar-refractivity contribution in [3.05, 3.63) is 35.9 Å². The number of aromatic nitrogens is 1. The molecule has 0 bridgehead atoms. The third kappa shape index (κ3) is 4.75. The fourth-order valence-corrected chi connectivity index (χ4v) is 3.46. The molecular weight excluding hydrogens is 346 g/mol. The summed E-state index contributed by atoms with van der Waals surface area (Å²) in [6.45, 7) is 6.65. The van der Waals surface area contributed by atoms with Crippen LogP contribution in [0, 0.1) is 5.92 Å². The molecule has 0 unspecified atom stereocenters. The molecule has 1 fully saturated rings. The van der Waals surface area contributed by atoms with Crippen molar-refractivity contribution >= 4 is 34.5 Å². The van der Waals surface area contributed by atoms with Crippen LogP contribution in [-0.4, -0.2) is 34.6 Å². The topological polar surface area (TPSA) is 71.1 Å². The number of rotatable bonds is 7. The molecule has 2 amide bonds. The predicted octanol–water partition coefficient (Wildman–Crippen LogP) is 3.38. The summed E-state index contributed by atoms with van der Waals surface area (Å²) in [7, 11) is 0. The van der Waals surface area contributed by atoms with Gasteiger partial charge in [0.05, 0.1) is 21.4 Å². The molecule has 1 aromatic carbocycles. The van der Waals surface area contributed by atoms with E-state index in [4.69, 9.17) is 0 Å². The van der Waals surface area contributed by atoms with Gasteiger partial charge in [0.1, 0.15) is 0 Å². The fraction of sp³-hybridized carbons (Fsp3) is 0.450. The van der Waals surface area contributed by atoms with Crippen LogP contribution in [0.2, 0.25) is 0 Å². The Labute approximate surface area is 158 Å². The van der Waals surface area contributed by atoms with Crippen LogP contribution in [0.15, 0.2) is 35.4 Å². The number of nitrogens with zero attached hydrogens (tertiary/aromatic N) is 1. The maximum atomic E-state index is 12.6. The van der Waals surface area contributed by atoms with Gasteiger partial charge in [-0.05, 0) is 37.8 Å². The first-order valence-electron chi connectivity index (χ1n) is 9.09. The third-order valence-electron chi connectivity index (χ3n) is 4.20. The zero-order valence-corrected chi connectivity index (χ0v) is 16.2. The Morgan fingerprint density at radius 1 is 1.23 bits per heavy atom. The van der Waals surface area contributed by atoms with Crippen molar-refractivity contribution in [1.29, 1.82) is 0 Å². The smallest absolute Gasteiger partial charge is 0.252 e. The lowest BCUT2D eigenvalue weighted by atomic mass is 10.1. The first-order chi connectivity index (χ1) is 12.4. The van der Waals surface area contributed by atoms with Gasteiger partial charge >= 0.3 is 0 Å². The van der Waals surface area contributed by atoms with Gasteiger partial charge in [-0.1, -0.05) is 43.8 Å². The van der Waals surface area contributed by atoms with Crippen molar-refractivity contribution in [2.45, 2.75) is 49.9 Å². The average molecular weight is 372 g/mol. The molecule has 1 aliphatic carbocycles. The zero-order chi connectivity index (χ0) is 18.7. The summed E-state index contributed by atoms with van der Waals surface area (Å²) >= 11 is 1.38. The van der Waals surface area contributed by atoms with Crippen LogP contribution in [0.3, 0.4) is 0 Å². The van der Waals surface area contributed by atoms with Crippen molar-refractivity contribution in [2.75, 3.05) is 6.54 Å². The molecule has 1 aromatic heterocycles. The Balaban J connectivity index is 1.81. The van der Waals surface area contributed by atoms with E-state index in [2.05, 4.69) is 29.5 Å². The second-order valence-corrected chi connectivity index (χ2v) is 8.53. The van der Waals surface area contributed by atoms with Crippen molar-refractivity contribution in [3.8, 4) is 0 Å². The number of carbonyl (C=O) groups is 2. The van der Waals surface area contributed by atoms with Crippen molar-refractivity contribution < 1.29 is 9.59 Å². The molecular formula is C20H25N3O2S. The van der Waals surface area contributed by atoms with Crippen LogP contribution < -0.4 is 10.6 Å². The van der Waals surface area contributed by atoms with Gasteiger partial charge in [-0.15, -0.1) is 0 Å². The Hall–Kier alpha value is -2.08. The number of benzene rings is 1. The first-order valence-corrected chi connectivity index (χ1v) is 9.97. The highest BCUT2D eigenvalue weighted by Gasteiger charge is 2.25. The quantitative estimate of drug-likeness (QED) is 0.732. The van der Waals surface area contributed by atoms with Crippen molar-refractivity contribution in [2.24, 2.45) is 5.92 Å². The van der Waals surface area contributed by atoms with Crippen LogP contribution >= 0.6 is 11.8 Å². The standard InChI is InChI=1S/C20H25N3O2S/c1-12(2)11-21-19(24)13(3)26-18-10-16(20(25)22-14-8-9-14)15-6-4-5-7-17(15)23-18/h4-7,10,12-14H,8-9,11H2,1-3H3,(H,21,24)(H,22,25)/t13-/m0/s1. The number of carbonyl (C=O) groups excluding carboxylic acids is 2. The summed E-state index contributed by atoms with van der Waals surface area (Å²) in [5, 5.41) is 7.24. The Morgan fingerprint density at radius 2 is 1.96 bits per heavy atom. The molecule has 0 saturated heterocycles. The molecule has 3 rings (SSSR count). The summed E-state index contributed by atoms with van der Waals surface area (Å²) in [5.74, 6) is 0.333. The minimum Gasteiger partial charge on any atom is -0.355 e. The Kier molecular flexibility index (Phi) is 5.81. The Bertz CT molecular complexity index is 818. The van der Waals surface area contributed by atoms with Crippen LogP contribution in [0.1, 0.15) is 44.0 Å². The van der Waals surface area contributed by atoms with Crippen LogP contribution in [-0.2, 0) is 4.79 Å². The van der Waals surface area contributed by atoms with Gasteiger partial charge in [0.2, 0.25) is 5.91 Å². The van der Waals surface area contributed by atoms with E-state index in [1.807, 2.05) is 31.2 Å². The number of hydrogen-bond donors (Lipinski definition) is 2. The largest absolute Gasteiger partial charge is 0.355 e. The molecule has 0 radical (unpaired) electrons. The summed E-state index contributed by atoms with van der Waals surface area (Å²) in [6, 6.07) is 9.73. The van der Waals surface area contributed by atoms with Gasteiger partial charge in [0.15, 0.2) is 0 Å². The molecule has 5 nitrogen and oxygen atoms in total. The normalized spacial score (nSPS) is 15.1. The molecule has 1 aliphatic rings. The van der Waals surface area contributed by atoms with E-state index in [1.165, 1.54) is 11.8 Å². The van der Waals surface area contributed by atoms with Gasteiger partial charge in [-0.2, -0.15) is 0 Å². The number of thioether (sulfide) groups is 1. The van der Waals surface area contributed by atoms with Gasteiger partial charge in [-0.3, -0.25) is 9.59 Å². The highest BCUT2D eigenvalue weighted by atomic mass is 32.2. The van der Waals surface area contributed by atoms with Gasteiger partial charge in [0, 0.05) is 18.0 Å². The van der Waals surface area contributed by atoms with E-state index >= 15 is 0 Å². The summed E-state index contributed by atoms with van der Waals surface area (Å²) in [5.41, 5.74) is 1.40. The number of fused-ring (bicyclic) bond motifs is 1. The van der Waals surface area contributed by atoms with E-state index in [9.17, 15) is 9.59 Å². The summed E-state index contributed by atoms with van der Waals surface area (Å²) in [4.78, 5) is 29.5. The van der Waals surface area contributed by atoms with Gasteiger partial charge in [-0.25, -0.2) is 4.98 Å². The number of nitrogens with one attached hydrogen (secondary N) is 2. The van der Waals surface area contributed by atoms with Crippen molar-refractivity contribution in [1.82, 2.24) is 15.6 Å². The molecule has 138 valence electrons. The summed E-state index contributed by atoms with van der Waals surface area (Å²) in [6.07, 6.45) is 2.09. The molecule has 1 saturated carbocycles. The first kappa shape index (κ1) is 18.7.